The molecule has 1 unspecified atom stereocenters. The van der Waals surface area contributed by atoms with E-state index in [4.69, 9.17) is 19.5 Å². The van der Waals surface area contributed by atoms with Crippen LogP contribution in [-0.4, -0.2) is 33.4 Å². The fraction of sp³-hybridized carbons (Fsp3) is 0.500. The summed E-state index contributed by atoms with van der Waals surface area (Å²) in [4.78, 5) is 0. The zero-order chi connectivity index (χ0) is 14.3. The second-order valence-electron chi connectivity index (χ2n) is 4.34. The van der Waals surface area contributed by atoms with Gasteiger partial charge in [0.15, 0.2) is 0 Å². The molecule has 1 atom stereocenters. The van der Waals surface area contributed by atoms with E-state index in [9.17, 15) is 0 Å². The molecule has 0 radical (unpaired) electrons. The molecule has 5 heteroatoms. The van der Waals surface area contributed by atoms with Crippen LogP contribution in [0.5, 0.6) is 17.2 Å². The Kier molecular flexibility index (Phi) is 5.46. The van der Waals surface area contributed by atoms with Gasteiger partial charge in [-0.05, 0) is 14.0 Å². The van der Waals surface area contributed by atoms with Gasteiger partial charge in [-0.2, -0.15) is 5.26 Å². The topological polar surface area (TPSA) is 63.5 Å². The summed E-state index contributed by atoms with van der Waals surface area (Å²) in [6.45, 7) is 2.27. The van der Waals surface area contributed by atoms with Gasteiger partial charge < -0.3 is 19.5 Å². The highest BCUT2D eigenvalue weighted by Crippen LogP contribution is 2.27. The first-order valence-corrected chi connectivity index (χ1v) is 6.03. The maximum Gasteiger partial charge on any atom is 0.126 e. The van der Waals surface area contributed by atoms with Gasteiger partial charge in [0.25, 0.3) is 0 Å². The van der Waals surface area contributed by atoms with Crippen molar-refractivity contribution in [3.8, 4) is 23.3 Å². The molecule has 0 aliphatic carbocycles. The Balaban J connectivity index is 2.65. The fourth-order valence-electron chi connectivity index (χ4n) is 1.47. The first kappa shape index (κ1) is 15.1. The van der Waals surface area contributed by atoms with E-state index in [1.54, 1.807) is 39.5 Å². The van der Waals surface area contributed by atoms with Gasteiger partial charge in [-0.25, -0.2) is 0 Å². The van der Waals surface area contributed by atoms with E-state index in [1.165, 1.54) is 0 Å². The molecule has 0 bridgehead atoms. The molecule has 0 aliphatic heterocycles. The van der Waals surface area contributed by atoms with Gasteiger partial charge in [0.1, 0.15) is 22.8 Å². The molecule has 104 valence electrons. The number of nitriles is 1. The van der Waals surface area contributed by atoms with Gasteiger partial charge in [0.2, 0.25) is 0 Å². The third kappa shape index (κ3) is 4.34. The van der Waals surface area contributed by atoms with Crippen LogP contribution in [0, 0.1) is 11.3 Å². The molecule has 0 aromatic heterocycles. The van der Waals surface area contributed by atoms with Crippen molar-refractivity contribution < 1.29 is 14.2 Å². The van der Waals surface area contributed by atoms with Crippen molar-refractivity contribution in [1.82, 2.24) is 5.32 Å². The first-order valence-electron chi connectivity index (χ1n) is 6.03. The minimum atomic E-state index is -0.580. The standard InChI is InChI=1S/C14H20N2O3/c1-14(10-15,16-2)5-6-19-13-8-11(17-3)7-12(9-13)18-4/h7-9,16H,5-6H2,1-4H3. The molecule has 0 amide bonds. The fourth-order valence-corrected chi connectivity index (χ4v) is 1.47. The Hall–Kier alpha value is -1.93. The van der Waals surface area contributed by atoms with Gasteiger partial charge in [-0.1, -0.05) is 0 Å². The third-order valence-electron chi connectivity index (χ3n) is 2.99. The molecule has 1 rings (SSSR count). The van der Waals surface area contributed by atoms with Crippen molar-refractivity contribution in [1.29, 1.82) is 5.26 Å². The number of ether oxygens (including phenoxy) is 3. The van der Waals surface area contributed by atoms with E-state index in [1.807, 2.05) is 6.92 Å². The second kappa shape index (κ2) is 6.86. The SMILES string of the molecule is CNC(C)(C#N)CCOc1cc(OC)cc(OC)c1. The van der Waals surface area contributed by atoms with Gasteiger partial charge in [-0.15, -0.1) is 0 Å². The van der Waals surface area contributed by atoms with Gasteiger partial charge in [0.05, 0.1) is 26.9 Å². The molecule has 0 spiro atoms. The molecule has 1 N–H and O–H groups in total. The van der Waals surface area contributed by atoms with E-state index in [0.29, 0.717) is 30.3 Å². The monoisotopic (exact) mass is 264 g/mol. The van der Waals surface area contributed by atoms with Gasteiger partial charge >= 0.3 is 0 Å². The number of hydrogen-bond acceptors (Lipinski definition) is 5. The second-order valence-corrected chi connectivity index (χ2v) is 4.34. The Morgan fingerprint density at radius 1 is 1.16 bits per heavy atom. The van der Waals surface area contributed by atoms with Crippen LogP contribution in [0.3, 0.4) is 0 Å². The number of benzene rings is 1. The van der Waals surface area contributed by atoms with E-state index >= 15 is 0 Å². The number of methoxy groups -OCH3 is 2. The summed E-state index contributed by atoms with van der Waals surface area (Å²) in [5, 5.41) is 12.0. The molecular formula is C14H20N2O3. The summed E-state index contributed by atoms with van der Waals surface area (Å²) >= 11 is 0. The van der Waals surface area contributed by atoms with Crippen LogP contribution in [-0.2, 0) is 0 Å². The molecule has 0 heterocycles. The molecule has 0 saturated carbocycles. The van der Waals surface area contributed by atoms with Crippen LogP contribution in [0.25, 0.3) is 0 Å². The number of nitrogens with one attached hydrogen (secondary N) is 1. The smallest absolute Gasteiger partial charge is 0.126 e. The highest BCUT2D eigenvalue weighted by atomic mass is 16.5. The largest absolute Gasteiger partial charge is 0.496 e. The van der Waals surface area contributed by atoms with Crippen LogP contribution in [0.1, 0.15) is 13.3 Å². The summed E-state index contributed by atoms with van der Waals surface area (Å²) in [5.41, 5.74) is -0.580. The van der Waals surface area contributed by atoms with Crippen LogP contribution < -0.4 is 19.5 Å². The molecule has 0 aliphatic rings. The molecule has 1 aromatic carbocycles. The molecule has 1 aromatic rings. The Bertz CT molecular complexity index is 434. The van der Waals surface area contributed by atoms with Crippen LogP contribution in [0.2, 0.25) is 0 Å². The van der Waals surface area contributed by atoms with Crippen LogP contribution >= 0.6 is 0 Å². The zero-order valence-electron chi connectivity index (χ0n) is 11.8. The quantitative estimate of drug-likeness (QED) is 0.815. The van der Waals surface area contributed by atoms with E-state index < -0.39 is 5.54 Å². The number of nitrogens with zero attached hydrogens (tertiary/aromatic N) is 1. The minimum Gasteiger partial charge on any atom is -0.496 e. The van der Waals surface area contributed by atoms with Crippen molar-refractivity contribution in [2.24, 2.45) is 0 Å². The predicted octanol–water partition coefficient (Wildman–Crippen LogP) is 1.97. The Labute approximate surface area is 114 Å². The highest BCUT2D eigenvalue weighted by molar-refractivity contribution is 5.41. The van der Waals surface area contributed by atoms with Crippen molar-refractivity contribution in [3.05, 3.63) is 18.2 Å². The van der Waals surface area contributed by atoms with E-state index in [2.05, 4.69) is 11.4 Å². The molecule has 0 fully saturated rings. The van der Waals surface area contributed by atoms with Crippen molar-refractivity contribution in [2.45, 2.75) is 18.9 Å². The zero-order valence-corrected chi connectivity index (χ0v) is 11.8. The van der Waals surface area contributed by atoms with Gasteiger partial charge in [-0.3, -0.25) is 0 Å². The predicted molar refractivity (Wildman–Crippen MR) is 72.7 cm³/mol. The first-order chi connectivity index (χ1) is 9.06. The molecule has 5 nitrogen and oxygen atoms in total. The molecular weight excluding hydrogens is 244 g/mol. The maximum absolute atomic E-state index is 9.04. The maximum atomic E-state index is 9.04. The van der Waals surface area contributed by atoms with Crippen LogP contribution in [0.4, 0.5) is 0 Å². The number of rotatable bonds is 7. The normalized spacial score (nSPS) is 13.2. The molecule has 19 heavy (non-hydrogen) atoms. The lowest BCUT2D eigenvalue weighted by molar-refractivity contribution is 0.270. The Morgan fingerprint density at radius 3 is 2.11 bits per heavy atom. The van der Waals surface area contributed by atoms with Gasteiger partial charge in [0, 0.05) is 24.6 Å². The van der Waals surface area contributed by atoms with Crippen molar-refractivity contribution >= 4 is 0 Å². The number of hydrogen-bond donors (Lipinski definition) is 1. The van der Waals surface area contributed by atoms with Crippen LogP contribution in [0.15, 0.2) is 18.2 Å². The highest BCUT2D eigenvalue weighted by Gasteiger charge is 2.20. The summed E-state index contributed by atoms with van der Waals surface area (Å²) in [7, 11) is 4.94. The van der Waals surface area contributed by atoms with Crippen molar-refractivity contribution in [2.75, 3.05) is 27.9 Å². The Morgan fingerprint density at radius 2 is 1.68 bits per heavy atom. The average molecular weight is 264 g/mol. The summed E-state index contributed by atoms with van der Waals surface area (Å²) < 4.78 is 16.0. The minimum absolute atomic E-state index is 0.432. The lowest BCUT2D eigenvalue weighted by Crippen LogP contribution is -2.39. The molecule has 0 saturated heterocycles. The lowest BCUT2D eigenvalue weighted by Gasteiger charge is -2.20. The van der Waals surface area contributed by atoms with Crippen molar-refractivity contribution in [3.63, 3.8) is 0 Å². The summed E-state index contributed by atoms with van der Waals surface area (Å²) in [6, 6.07) is 7.56. The van der Waals surface area contributed by atoms with E-state index in [-0.39, 0.29) is 0 Å². The summed E-state index contributed by atoms with van der Waals surface area (Å²) in [6.07, 6.45) is 0.583. The van der Waals surface area contributed by atoms with E-state index in [0.717, 1.165) is 0 Å². The summed E-state index contributed by atoms with van der Waals surface area (Å²) in [5.74, 6) is 2.00. The lowest BCUT2D eigenvalue weighted by atomic mass is 10.0. The third-order valence-corrected chi connectivity index (χ3v) is 2.99. The average Bonchev–Trinajstić information content (AvgIpc) is 2.46.